The number of rotatable bonds is 3. The number of amides is 1. The van der Waals surface area contributed by atoms with Gasteiger partial charge in [-0.2, -0.15) is 18.2 Å². The quantitative estimate of drug-likeness (QED) is 0.248. The van der Waals surface area contributed by atoms with Gasteiger partial charge in [0, 0.05) is 74.6 Å². The predicted octanol–water partition coefficient (Wildman–Crippen LogP) is 6.39. The molecule has 1 fully saturated rings. The number of benzene rings is 1. The minimum atomic E-state index is -4.61. The largest absolute Gasteiger partial charge is 0.417 e. The molecular weight excluding hydrogens is 679 g/mol. The number of pyridine rings is 1. The van der Waals surface area contributed by atoms with E-state index in [0.29, 0.717) is 57.0 Å². The van der Waals surface area contributed by atoms with Crippen LogP contribution in [0.15, 0.2) is 73.5 Å². The number of piperazine rings is 1. The molecule has 2 aliphatic rings. The van der Waals surface area contributed by atoms with Crippen molar-refractivity contribution in [1.82, 2.24) is 19.4 Å². The lowest BCUT2D eigenvalue weighted by Crippen LogP contribution is -2.58. The third-order valence-corrected chi connectivity index (χ3v) is 10.3. The number of aryl methyl sites for hydroxylation is 1. The molecule has 3 aromatic heterocycles. The van der Waals surface area contributed by atoms with E-state index in [2.05, 4.69) is 32.5 Å². The van der Waals surface area contributed by atoms with Crippen LogP contribution in [0.25, 0.3) is 21.3 Å². The minimum Gasteiger partial charge on any atom is -0.352 e. The smallest absolute Gasteiger partial charge is 0.352 e. The number of hydrogen-bond donors (Lipinski definition) is 1. The van der Waals surface area contributed by atoms with Gasteiger partial charge in [0.05, 0.1) is 11.1 Å². The Morgan fingerprint density at radius 1 is 1.18 bits per heavy atom. The van der Waals surface area contributed by atoms with Gasteiger partial charge in [-0.05, 0) is 66.2 Å². The molecule has 232 valence electrons. The maximum absolute atomic E-state index is 14.6. The number of nitrogens with one attached hydrogen (secondary N) is 1. The van der Waals surface area contributed by atoms with Crippen molar-refractivity contribution in [1.29, 1.82) is 0 Å². The van der Waals surface area contributed by atoms with Crippen LogP contribution in [-0.2, 0) is 17.5 Å². The molecule has 8 nitrogen and oxygen atoms in total. The highest BCUT2D eigenvalue weighted by Crippen LogP contribution is 2.49. The number of alkyl halides is 3. The molecule has 0 saturated carbocycles. The normalized spacial score (nSPS) is 18.4. The number of aromatic nitrogens is 3. The Morgan fingerprint density at radius 2 is 1.91 bits per heavy atom. The van der Waals surface area contributed by atoms with Crippen LogP contribution in [0, 0.1) is 0 Å². The molecule has 4 aromatic rings. The van der Waals surface area contributed by atoms with E-state index in [9.17, 15) is 27.6 Å². The molecule has 2 aliphatic heterocycles. The summed E-state index contributed by atoms with van der Waals surface area (Å²) in [7, 11) is 0. The van der Waals surface area contributed by atoms with E-state index < -0.39 is 17.4 Å². The summed E-state index contributed by atoms with van der Waals surface area (Å²) in [6.45, 7) is 8.37. The summed E-state index contributed by atoms with van der Waals surface area (Å²) in [6, 6.07) is 7.28. The highest BCUT2D eigenvalue weighted by molar-refractivity contribution is 9.10. The highest BCUT2D eigenvalue weighted by Gasteiger charge is 2.39. The van der Waals surface area contributed by atoms with Crippen LogP contribution in [0.3, 0.4) is 0 Å². The number of hydrogen-bond acceptors (Lipinski definition) is 7. The molecular formula is C30H29BrF3N5O3S2. The molecule has 0 spiro atoms. The van der Waals surface area contributed by atoms with Gasteiger partial charge in [-0.3, -0.25) is 14.2 Å². The van der Waals surface area contributed by atoms with Crippen molar-refractivity contribution in [3.05, 3.63) is 85.4 Å². The zero-order valence-corrected chi connectivity index (χ0v) is 27.1. The number of carbonyl (C=O) groups excluding carboxylic acids is 1. The van der Waals surface area contributed by atoms with Gasteiger partial charge < -0.3 is 14.8 Å². The number of carbonyl (C=O) groups is 1. The van der Waals surface area contributed by atoms with Crippen molar-refractivity contribution in [3.8, 4) is 10.4 Å². The van der Waals surface area contributed by atoms with E-state index in [1.54, 1.807) is 34.7 Å². The van der Waals surface area contributed by atoms with E-state index in [4.69, 9.17) is 0 Å². The first-order chi connectivity index (χ1) is 20.9. The number of H-pyrrole nitrogens is 1. The van der Waals surface area contributed by atoms with E-state index in [1.807, 2.05) is 18.7 Å². The summed E-state index contributed by atoms with van der Waals surface area (Å²) in [5, 5.41) is 2.06. The molecule has 2 atom stereocenters. The average molecular weight is 709 g/mol. The Balaban J connectivity index is 0.000000484. The lowest BCUT2D eigenvalue weighted by molar-refractivity contribution is -0.137. The minimum absolute atomic E-state index is 0.0532. The second kappa shape index (κ2) is 12.9. The molecule has 1 N–H and O–H groups in total. The van der Waals surface area contributed by atoms with Crippen LogP contribution in [0.2, 0.25) is 0 Å². The van der Waals surface area contributed by atoms with E-state index >= 15 is 0 Å². The Morgan fingerprint density at radius 3 is 2.45 bits per heavy atom. The Hall–Kier alpha value is -3.36. The van der Waals surface area contributed by atoms with Crippen LogP contribution in [-0.4, -0.2) is 56.3 Å². The number of thiophene rings is 1. The fourth-order valence-corrected chi connectivity index (χ4v) is 8.46. The molecule has 0 aliphatic carbocycles. The highest BCUT2D eigenvalue weighted by atomic mass is 79.9. The van der Waals surface area contributed by atoms with Crippen LogP contribution < -0.4 is 16.1 Å². The third-order valence-electron chi connectivity index (χ3n) is 7.42. The van der Waals surface area contributed by atoms with Crippen LogP contribution in [0.5, 0.6) is 0 Å². The predicted molar refractivity (Wildman–Crippen MR) is 173 cm³/mol. The summed E-state index contributed by atoms with van der Waals surface area (Å²) >= 11 is 5.96. The molecule has 1 aromatic carbocycles. The van der Waals surface area contributed by atoms with Crippen molar-refractivity contribution in [2.45, 2.75) is 50.0 Å². The lowest BCUT2D eigenvalue weighted by atomic mass is 10.0. The molecule has 6 rings (SSSR count). The second-order valence-corrected chi connectivity index (χ2v) is 13.4. The second-order valence-electron chi connectivity index (χ2n) is 10.5. The lowest BCUT2D eigenvalue weighted by Gasteiger charge is -2.44. The van der Waals surface area contributed by atoms with Crippen molar-refractivity contribution < 1.29 is 18.0 Å². The first kappa shape index (κ1) is 32.0. The summed E-state index contributed by atoms with van der Waals surface area (Å²) in [5.74, 6) is 0.611. The van der Waals surface area contributed by atoms with Crippen molar-refractivity contribution in [3.63, 3.8) is 0 Å². The van der Waals surface area contributed by atoms with Crippen LogP contribution >= 0.6 is 39.0 Å². The summed E-state index contributed by atoms with van der Waals surface area (Å²) in [4.78, 5) is 47.2. The summed E-state index contributed by atoms with van der Waals surface area (Å²) in [6.07, 6.45) is -1.11. The Bertz CT molecular complexity index is 1810. The van der Waals surface area contributed by atoms with Crippen molar-refractivity contribution >= 4 is 61.7 Å². The molecule has 2 unspecified atom stereocenters. The van der Waals surface area contributed by atoms with Crippen molar-refractivity contribution in [2.24, 2.45) is 0 Å². The SMILES string of the molecule is C=CC(=O)N1C(C)CN(c2nc(=O)n3c4c(c(-c5cc(Br)cs5)c(C(F)(F)F)cc24)SCCC3)CC1C.O=c1cccc[nH]1. The van der Waals surface area contributed by atoms with Gasteiger partial charge >= 0.3 is 11.9 Å². The molecule has 0 bridgehead atoms. The van der Waals surface area contributed by atoms with Gasteiger partial charge in [0.2, 0.25) is 11.5 Å². The van der Waals surface area contributed by atoms with E-state index in [1.165, 1.54) is 39.8 Å². The zero-order valence-electron chi connectivity index (χ0n) is 23.9. The summed E-state index contributed by atoms with van der Waals surface area (Å²) < 4.78 is 46.0. The van der Waals surface area contributed by atoms with E-state index in [0.717, 1.165) is 6.07 Å². The Kier molecular flexibility index (Phi) is 9.42. The zero-order chi connectivity index (χ0) is 31.8. The number of halogens is 4. The molecule has 1 amide bonds. The molecule has 5 heterocycles. The fourth-order valence-electron chi connectivity index (χ4n) is 5.70. The maximum Gasteiger partial charge on any atom is 0.417 e. The molecule has 0 radical (unpaired) electrons. The molecule has 14 heteroatoms. The standard InChI is InChI=1S/C25H24BrF3N4O2S2.C5H5NO/c1-4-19(34)33-13(2)10-31(11-14(33)3)23-16-9-17(25(27,28)29)20(18-8-15(26)12-37-18)22-21(16)32(24(35)30-23)6-5-7-36-22;7-5-3-1-2-4-6-5/h4,8-9,12-14H,1,5-7,10-11H2,2-3H3;1-4H,(H,6,7). The topological polar surface area (TPSA) is 91.3 Å². The van der Waals surface area contributed by atoms with E-state index in [-0.39, 0.29) is 34.9 Å². The monoisotopic (exact) mass is 707 g/mol. The van der Waals surface area contributed by atoms with Gasteiger partial charge in [-0.15, -0.1) is 23.1 Å². The van der Waals surface area contributed by atoms with Gasteiger partial charge in [0.15, 0.2) is 0 Å². The van der Waals surface area contributed by atoms with Gasteiger partial charge in [0.25, 0.3) is 0 Å². The van der Waals surface area contributed by atoms with Crippen molar-refractivity contribution in [2.75, 3.05) is 23.7 Å². The number of aromatic amines is 1. The molecule has 1 saturated heterocycles. The number of nitrogens with zero attached hydrogens (tertiary/aromatic N) is 4. The first-order valence-corrected chi connectivity index (χ1v) is 16.5. The number of anilines is 1. The van der Waals surface area contributed by atoms with Crippen LogP contribution in [0.1, 0.15) is 25.8 Å². The first-order valence-electron chi connectivity index (χ1n) is 13.8. The summed E-state index contributed by atoms with van der Waals surface area (Å²) in [5.41, 5.74) is -0.670. The van der Waals surface area contributed by atoms with Gasteiger partial charge in [0.1, 0.15) is 5.82 Å². The average Bonchev–Trinajstić information content (AvgIpc) is 3.27. The Labute approximate surface area is 267 Å². The maximum atomic E-state index is 14.6. The van der Waals surface area contributed by atoms with Gasteiger partial charge in [-0.25, -0.2) is 4.79 Å². The molecule has 44 heavy (non-hydrogen) atoms. The number of thioether (sulfide) groups is 1. The fraction of sp³-hybridized carbons (Fsp3) is 0.333. The third kappa shape index (κ3) is 6.38. The van der Waals surface area contributed by atoms with Gasteiger partial charge in [-0.1, -0.05) is 12.6 Å². The van der Waals surface area contributed by atoms with Crippen LogP contribution in [0.4, 0.5) is 19.0 Å².